The summed E-state index contributed by atoms with van der Waals surface area (Å²) < 4.78 is 36.1. The fraction of sp³-hybridized carbons (Fsp3) is 0.265. The number of carbonyl (C=O) groups excluding carboxylic acids is 1. The zero-order chi connectivity index (χ0) is 32.7. The van der Waals surface area contributed by atoms with Gasteiger partial charge < -0.3 is 14.6 Å². The third kappa shape index (κ3) is 6.17. The number of likely N-dealkylation sites (tertiary alicyclic amines) is 1. The molecule has 4 aromatic heterocycles. The van der Waals surface area contributed by atoms with Crippen LogP contribution in [-0.2, 0) is 20.2 Å². The molecular weight excluding hydrogens is 622 g/mol. The van der Waals surface area contributed by atoms with Gasteiger partial charge in [-0.25, -0.2) is 18.7 Å². The highest BCUT2D eigenvalue weighted by molar-refractivity contribution is 7.12. The van der Waals surface area contributed by atoms with Gasteiger partial charge in [0.25, 0.3) is 5.91 Å². The van der Waals surface area contributed by atoms with Gasteiger partial charge >= 0.3 is 0 Å². The van der Waals surface area contributed by atoms with Gasteiger partial charge in [0, 0.05) is 51.9 Å². The third-order valence-electron chi connectivity index (χ3n) is 8.61. The van der Waals surface area contributed by atoms with Gasteiger partial charge in [-0.15, -0.1) is 11.3 Å². The zero-order valence-electron chi connectivity index (χ0n) is 25.7. The summed E-state index contributed by atoms with van der Waals surface area (Å²) in [5.41, 5.74) is 4.37. The standard InChI is InChI=1S/C34H30F2N8O2S/c1-19-24-12-21(13-26(36)33(24)42-41-19)34(45)38-22-6-7-29-28(14-22)39-31(43(29)2)17-44-10-8-20(9-11-44)27-4-3-5-32(40-27)46-18-23-15-25(35)30(16-37)47-23/h3-7,12-15,20H,8-11,17-18H2,1-2H3,(H,38,45)(H,41,42). The number of nitrogens with one attached hydrogen (secondary N) is 2. The summed E-state index contributed by atoms with van der Waals surface area (Å²) >= 11 is 1.09. The average molecular weight is 653 g/mol. The molecule has 10 nitrogen and oxygen atoms in total. The van der Waals surface area contributed by atoms with Crippen molar-refractivity contribution < 1.29 is 18.3 Å². The molecule has 1 aliphatic heterocycles. The molecule has 0 radical (unpaired) electrons. The normalized spacial score (nSPS) is 14.1. The minimum absolute atomic E-state index is 0.0542. The molecule has 0 atom stereocenters. The van der Waals surface area contributed by atoms with Crippen LogP contribution < -0.4 is 10.1 Å². The van der Waals surface area contributed by atoms with Crippen LogP contribution in [0.4, 0.5) is 14.5 Å². The van der Waals surface area contributed by atoms with Gasteiger partial charge in [0.1, 0.15) is 28.9 Å². The van der Waals surface area contributed by atoms with Crippen LogP contribution in [0.3, 0.4) is 0 Å². The molecular formula is C34H30F2N8O2S. The van der Waals surface area contributed by atoms with E-state index in [0.29, 0.717) is 34.1 Å². The second-order valence-corrected chi connectivity index (χ2v) is 12.8. The first-order chi connectivity index (χ1) is 22.7. The van der Waals surface area contributed by atoms with E-state index in [1.54, 1.807) is 19.1 Å². The topological polar surface area (TPSA) is 125 Å². The molecule has 1 fully saturated rings. The minimum atomic E-state index is -0.551. The van der Waals surface area contributed by atoms with Crippen molar-refractivity contribution in [1.29, 1.82) is 5.26 Å². The molecule has 2 N–H and O–H groups in total. The van der Waals surface area contributed by atoms with E-state index in [1.807, 2.05) is 43.4 Å². The van der Waals surface area contributed by atoms with E-state index < -0.39 is 17.5 Å². The van der Waals surface area contributed by atoms with E-state index in [9.17, 15) is 13.6 Å². The highest BCUT2D eigenvalue weighted by atomic mass is 32.1. The number of rotatable bonds is 8. The number of hydrogen-bond acceptors (Lipinski definition) is 8. The molecule has 13 heteroatoms. The summed E-state index contributed by atoms with van der Waals surface area (Å²) in [4.78, 5) is 25.7. The summed E-state index contributed by atoms with van der Waals surface area (Å²) in [5, 5.41) is 19.1. The summed E-state index contributed by atoms with van der Waals surface area (Å²) in [6.45, 7) is 4.38. The molecule has 1 amide bonds. The number of pyridine rings is 1. The summed E-state index contributed by atoms with van der Waals surface area (Å²) in [6, 6.07) is 17.3. The molecule has 0 saturated carbocycles. The number of carbonyl (C=O) groups is 1. The highest BCUT2D eigenvalue weighted by Crippen LogP contribution is 2.30. The van der Waals surface area contributed by atoms with E-state index in [-0.39, 0.29) is 28.5 Å². The first-order valence-corrected chi connectivity index (χ1v) is 16.0. The molecule has 6 aromatic rings. The number of nitriles is 1. The number of aryl methyl sites for hydroxylation is 2. The Bertz CT molecular complexity index is 2170. The quantitative estimate of drug-likeness (QED) is 0.190. The second-order valence-electron chi connectivity index (χ2n) is 11.7. The molecule has 1 saturated heterocycles. The van der Waals surface area contributed by atoms with Crippen molar-refractivity contribution in [2.24, 2.45) is 7.05 Å². The number of halogens is 2. The Hall–Kier alpha value is -5.19. The van der Waals surface area contributed by atoms with Crippen LogP contribution in [0.25, 0.3) is 21.9 Å². The number of anilines is 1. The molecule has 2 aromatic carbocycles. The summed E-state index contributed by atoms with van der Waals surface area (Å²) in [5.74, 6) is 0.202. The van der Waals surface area contributed by atoms with Crippen molar-refractivity contribution >= 4 is 44.9 Å². The molecule has 238 valence electrons. The van der Waals surface area contributed by atoms with Gasteiger partial charge in [0.15, 0.2) is 11.6 Å². The first-order valence-electron chi connectivity index (χ1n) is 15.2. The molecule has 0 aliphatic carbocycles. The SMILES string of the molecule is Cc1[nH]nc2c(F)cc(C(=O)Nc3ccc4c(c3)nc(CN3CCC(c5cccc(OCc6cc(F)c(C#N)s6)n5)CC3)n4C)cc12. The predicted octanol–water partition coefficient (Wildman–Crippen LogP) is 6.58. The van der Waals surface area contributed by atoms with Crippen LogP contribution in [0, 0.1) is 29.9 Å². The van der Waals surface area contributed by atoms with Crippen LogP contribution in [0.5, 0.6) is 5.88 Å². The number of thiophene rings is 1. The van der Waals surface area contributed by atoms with E-state index in [4.69, 9.17) is 20.0 Å². The molecule has 0 bridgehead atoms. The number of ether oxygens (including phenoxy) is 1. The van der Waals surface area contributed by atoms with Crippen LogP contribution in [0.1, 0.15) is 56.1 Å². The maximum Gasteiger partial charge on any atom is 0.255 e. The van der Waals surface area contributed by atoms with E-state index in [2.05, 4.69) is 25.0 Å². The van der Waals surface area contributed by atoms with Crippen LogP contribution >= 0.6 is 11.3 Å². The molecule has 0 spiro atoms. The lowest BCUT2D eigenvalue weighted by atomic mass is 9.93. The lowest BCUT2D eigenvalue weighted by Gasteiger charge is -2.31. The smallest absolute Gasteiger partial charge is 0.255 e. The molecule has 7 rings (SSSR count). The van der Waals surface area contributed by atoms with Crippen molar-refractivity contribution in [1.82, 2.24) is 29.6 Å². The Balaban J connectivity index is 0.969. The van der Waals surface area contributed by atoms with Crippen LogP contribution in [-0.4, -0.2) is 48.6 Å². The number of H-pyrrole nitrogens is 1. The largest absolute Gasteiger partial charge is 0.472 e. The average Bonchev–Trinajstić information content (AvgIpc) is 3.74. The van der Waals surface area contributed by atoms with Gasteiger partial charge in [0.05, 0.1) is 17.6 Å². The van der Waals surface area contributed by atoms with Crippen molar-refractivity contribution in [3.05, 3.63) is 98.8 Å². The molecule has 5 heterocycles. The molecule has 1 aliphatic rings. The first kappa shape index (κ1) is 30.5. The number of benzene rings is 2. The lowest BCUT2D eigenvalue weighted by Crippen LogP contribution is -2.33. The Morgan fingerprint density at radius 3 is 2.74 bits per heavy atom. The highest BCUT2D eigenvalue weighted by Gasteiger charge is 2.24. The van der Waals surface area contributed by atoms with Crippen LogP contribution in [0.15, 0.2) is 54.6 Å². The van der Waals surface area contributed by atoms with Gasteiger partial charge in [-0.2, -0.15) is 10.4 Å². The fourth-order valence-electron chi connectivity index (χ4n) is 6.04. The maximum absolute atomic E-state index is 14.5. The number of fused-ring (bicyclic) bond motifs is 2. The molecule has 0 unspecified atom stereocenters. The van der Waals surface area contributed by atoms with Crippen molar-refractivity contribution in [2.45, 2.75) is 38.8 Å². The minimum Gasteiger partial charge on any atom is -0.472 e. The van der Waals surface area contributed by atoms with Gasteiger partial charge in [-0.05, 0) is 75.3 Å². The number of nitrogens with zero attached hydrogens (tertiary/aromatic N) is 6. The Kier molecular flexibility index (Phi) is 8.13. The summed E-state index contributed by atoms with van der Waals surface area (Å²) in [6.07, 6.45) is 1.87. The van der Waals surface area contributed by atoms with Gasteiger partial charge in [-0.3, -0.25) is 14.8 Å². The van der Waals surface area contributed by atoms with E-state index >= 15 is 0 Å². The number of imidazole rings is 1. The molecule has 47 heavy (non-hydrogen) atoms. The Morgan fingerprint density at radius 2 is 1.96 bits per heavy atom. The van der Waals surface area contributed by atoms with E-state index in [1.165, 1.54) is 12.1 Å². The predicted molar refractivity (Wildman–Crippen MR) is 174 cm³/mol. The second kappa shape index (κ2) is 12.5. The van der Waals surface area contributed by atoms with Crippen molar-refractivity contribution in [3.8, 4) is 11.9 Å². The van der Waals surface area contributed by atoms with E-state index in [0.717, 1.165) is 59.8 Å². The monoisotopic (exact) mass is 652 g/mol. The number of aromatic nitrogens is 5. The third-order valence-corrected chi connectivity index (χ3v) is 9.60. The Morgan fingerprint density at radius 1 is 1.13 bits per heavy atom. The van der Waals surface area contributed by atoms with Gasteiger partial charge in [-0.1, -0.05) is 6.07 Å². The zero-order valence-corrected chi connectivity index (χ0v) is 26.5. The van der Waals surface area contributed by atoms with Crippen molar-refractivity contribution in [3.63, 3.8) is 0 Å². The Labute approximate surface area is 272 Å². The number of amides is 1. The van der Waals surface area contributed by atoms with Gasteiger partial charge in [0.2, 0.25) is 5.88 Å². The summed E-state index contributed by atoms with van der Waals surface area (Å²) in [7, 11) is 1.99. The number of aromatic amines is 1. The number of piperidine rings is 1. The van der Waals surface area contributed by atoms with Crippen LogP contribution in [0.2, 0.25) is 0 Å². The van der Waals surface area contributed by atoms with Crippen molar-refractivity contribution in [2.75, 3.05) is 18.4 Å². The fourth-order valence-corrected chi connectivity index (χ4v) is 6.78. The lowest BCUT2D eigenvalue weighted by molar-refractivity contribution is 0.102. The maximum atomic E-state index is 14.5. The number of hydrogen-bond donors (Lipinski definition) is 2.